The number of ether oxygens (including phenoxy) is 2. The molecule has 0 unspecified atom stereocenters. The van der Waals surface area contributed by atoms with E-state index < -0.39 is 5.97 Å². The fourth-order valence-electron chi connectivity index (χ4n) is 1.97. The predicted molar refractivity (Wildman–Crippen MR) is 76.3 cm³/mol. The maximum absolute atomic E-state index is 12.5. The molecule has 118 valence electrons. The van der Waals surface area contributed by atoms with Crippen LogP contribution in [0.5, 0.6) is 0 Å². The third kappa shape index (κ3) is 5.57. The van der Waals surface area contributed by atoms with Crippen molar-refractivity contribution >= 4 is 11.9 Å². The number of rotatable bonds is 10. The second kappa shape index (κ2) is 9.15. The summed E-state index contributed by atoms with van der Waals surface area (Å²) in [6, 6.07) is 3.29. The lowest BCUT2D eigenvalue weighted by Crippen LogP contribution is -2.36. The van der Waals surface area contributed by atoms with E-state index in [-0.39, 0.29) is 12.5 Å². The highest BCUT2D eigenvalue weighted by atomic mass is 16.5. The number of methoxy groups -OCH3 is 2. The van der Waals surface area contributed by atoms with Crippen LogP contribution in [-0.2, 0) is 20.8 Å². The van der Waals surface area contributed by atoms with Gasteiger partial charge in [-0.15, -0.1) is 0 Å². The highest BCUT2D eigenvalue weighted by Gasteiger charge is 2.19. The van der Waals surface area contributed by atoms with E-state index in [1.807, 2.05) is 0 Å². The van der Waals surface area contributed by atoms with E-state index in [1.54, 1.807) is 37.4 Å². The van der Waals surface area contributed by atoms with Crippen molar-refractivity contribution < 1.29 is 24.2 Å². The smallest absolute Gasteiger partial charge is 0.323 e. The van der Waals surface area contributed by atoms with Crippen LogP contribution in [0, 0.1) is 0 Å². The number of hydrogen-bond acceptors (Lipinski definition) is 4. The van der Waals surface area contributed by atoms with Crippen LogP contribution >= 0.6 is 0 Å². The van der Waals surface area contributed by atoms with Gasteiger partial charge < -0.3 is 24.0 Å². The molecule has 1 aromatic heterocycles. The first-order valence-electron chi connectivity index (χ1n) is 6.74. The van der Waals surface area contributed by atoms with Crippen LogP contribution in [-0.4, -0.2) is 67.0 Å². The number of carboxylic acid groups (broad SMARTS) is 1. The molecule has 0 atom stereocenters. The highest BCUT2D eigenvalue weighted by molar-refractivity contribution is 5.93. The lowest BCUT2D eigenvalue weighted by atomic mass is 10.3. The van der Waals surface area contributed by atoms with Gasteiger partial charge in [-0.2, -0.15) is 0 Å². The molecule has 21 heavy (non-hydrogen) atoms. The number of carboxylic acids is 1. The van der Waals surface area contributed by atoms with Crippen molar-refractivity contribution in [2.75, 3.05) is 40.5 Å². The molecule has 0 saturated carbocycles. The number of amides is 1. The molecule has 0 saturated heterocycles. The highest BCUT2D eigenvalue weighted by Crippen LogP contribution is 2.08. The van der Waals surface area contributed by atoms with Crippen molar-refractivity contribution in [3.05, 3.63) is 24.0 Å². The number of aliphatic carboxylic acids is 1. The molecule has 1 aromatic rings. The molecule has 0 bridgehead atoms. The summed E-state index contributed by atoms with van der Waals surface area (Å²) in [6.07, 6.45) is 2.30. The SMILES string of the molecule is COCCCN(CCOC)C(=O)c1cccn1CC(=O)O. The second-order valence-corrected chi connectivity index (χ2v) is 4.55. The molecule has 0 spiro atoms. The summed E-state index contributed by atoms with van der Waals surface area (Å²) in [5.74, 6) is -1.18. The minimum absolute atomic E-state index is 0.200. The third-order valence-electron chi connectivity index (χ3n) is 2.98. The summed E-state index contributed by atoms with van der Waals surface area (Å²) in [5, 5.41) is 8.86. The summed E-state index contributed by atoms with van der Waals surface area (Å²) in [5.41, 5.74) is 0.367. The van der Waals surface area contributed by atoms with Crippen LogP contribution in [0.15, 0.2) is 18.3 Å². The molecule has 1 N–H and O–H groups in total. The summed E-state index contributed by atoms with van der Waals surface area (Å²) in [7, 11) is 3.18. The minimum atomic E-state index is -0.983. The van der Waals surface area contributed by atoms with Gasteiger partial charge in [0.2, 0.25) is 0 Å². The van der Waals surface area contributed by atoms with Gasteiger partial charge in [-0.1, -0.05) is 0 Å². The Balaban J connectivity index is 2.78. The van der Waals surface area contributed by atoms with E-state index in [0.29, 0.717) is 38.4 Å². The summed E-state index contributed by atoms with van der Waals surface area (Å²) < 4.78 is 11.4. The molecule has 1 heterocycles. The first-order valence-corrected chi connectivity index (χ1v) is 6.74. The van der Waals surface area contributed by atoms with E-state index in [0.717, 1.165) is 0 Å². The van der Waals surface area contributed by atoms with Gasteiger partial charge in [-0.25, -0.2) is 0 Å². The molecule has 1 amide bonds. The van der Waals surface area contributed by atoms with Crippen molar-refractivity contribution in [2.45, 2.75) is 13.0 Å². The molecule has 0 aliphatic heterocycles. The van der Waals surface area contributed by atoms with E-state index >= 15 is 0 Å². The Bertz CT molecular complexity index is 458. The van der Waals surface area contributed by atoms with E-state index in [9.17, 15) is 9.59 Å². The minimum Gasteiger partial charge on any atom is -0.480 e. The summed E-state index contributed by atoms with van der Waals surface area (Å²) in [4.78, 5) is 25.0. The molecule has 7 nitrogen and oxygen atoms in total. The maximum Gasteiger partial charge on any atom is 0.323 e. The first-order chi connectivity index (χ1) is 10.1. The lowest BCUT2D eigenvalue weighted by Gasteiger charge is -2.22. The molecular weight excluding hydrogens is 276 g/mol. The third-order valence-corrected chi connectivity index (χ3v) is 2.98. The molecule has 1 rings (SSSR count). The second-order valence-electron chi connectivity index (χ2n) is 4.55. The predicted octanol–water partition coefficient (Wildman–Crippen LogP) is 0.698. The number of nitrogens with zero attached hydrogens (tertiary/aromatic N) is 2. The van der Waals surface area contributed by atoms with E-state index in [4.69, 9.17) is 14.6 Å². The Morgan fingerprint density at radius 2 is 1.95 bits per heavy atom. The van der Waals surface area contributed by atoms with Gasteiger partial charge in [0, 0.05) is 40.1 Å². The molecule has 0 aliphatic carbocycles. The van der Waals surface area contributed by atoms with Crippen molar-refractivity contribution in [3.63, 3.8) is 0 Å². The molecule has 0 radical (unpaired) electrons. The fraction of sp³-hybridized carbons (Fsp3) is 0.571. The standard InChI is InChI=1S/C14H22N2O5/c1-20-9-4-7-15(8-10-21-2)14(19)12-5-3-6-16(12)11-13(17)18/h3,5-6H,4,7-11H2,1-2H3,(H,17,18). The Morgan fingerprint density at radius 1 is 1.24 bits per heavy atom. The zero-order chi connectivity index (χ0) is 15.7. The molecule has 0 aromatic carbocycles. The number of hydrogen-bond donors (Lipinski definition) is 1. The fourth-order valence-corrected chi connectivity index (χ4v) is 1.97. The van der Waals surface area contributed by atoms with E-state index in [1.165, 1.54) is 4.57 Å². The van der Waals surface area contributed by atoms with Crippen LogP contribution < -0.4 is 0 Å². The van der Waals surface area contributed by atoms with Crippen molar-refractivity contribution in [1.29, 1.82) is 0 Å². The van der Waals surface area contributed by atoms with Gasteiger partial charge in [-0.3, -0.25) is 9.59 Å². The monoisotopic (exact) mass is 298 g/mol. The Labute approximate surface area is 124 Å². The van der Waals surface area contributed by atoms with Crippen LogP contribution in [0.25, 0.3) is 0 Å². The zero-order valence-corrected chi connectivity index (χ0v) is 12.4. The maximum atomic E-state index is 12.5. The zero-order valence-electron chi connectivity index (χ0n) is 12.4. The normalized spacial score (nSPS) is 10.6. The lowest BCUT2D eigenvalue weighted by molar-refractivity contribution is -0.137. The first kappa shape index (κ1) is 17.2. The topological polar surface area (TPSA) is 81.0 Å². The summed E-state index contributed by atoms with van der Waals surface area (Å²) in [6.45, 7) is 1.75. The Hall–Kier alpha value is -1.86. The van der Waals surface area contributed by atoms with Crippen LogP contribution in [0.4, 0.5) is 0 Å². The van der Waals surface area contributed by atoms with Crippen molar-refractivity contribution in [2.24, 2.45) is 0 Å². The molecule has 7 heteroatoms. The van der Waals surface area contributed by atoms with Gasteiger partial charge in [0.05, 0.1) is 6.61 Å². The number of carbonyl (C=O) groups excluding carboxylic acids is 1. The Morgan fingerprint density at radius 3 is 2.57 bits per heavy atom. The van der Waals surface area contributed by atoms with Crippen LogP contribution in [0.1, 0.15) is 16.9 Å². The average molecular weight is 298 g/mol. The average Bonchev–Trinajstić information content (AvgIpc) is 2.89. The van der Waals surface area contributed by atoms with Crippen molar-refractivity contribution in [3.8, 4) is 0 Å². The quantitative estimate of drug-likeness (QED) is 0.643. The largest absolute Gasteiger partial charge is 0.480 e. The van der Waals surface area contributed by atoms with Gasteiger partial charge in [-0.05, 0) is 18.6 Å². The molecule has 0 fully saturated rings. The van der Waals surface area contributed by atoms with Gasteiger partial charge >= 0.3 is 5.97 Å². The van der Waals surface area contributed by atoms with E-state index in [2.05, 4.69) is 0 Å². The van der Waals surface area contributed by atoms with Gasteiger partial charge in [0.15, 0.2) is 0 Å². The van der Waals surface area contributed by atoms with Gasteiger partial charge in [0.25, 0.3) is 5.91 Å². The van der Waals surface area contributed by atoms with Crippen molar-refractivity contribution in [1.82, 2.24) is 9.47 Å². The van der Waals surface area contributed by atoms with Crippen LogP contribution in [0.2, 0.25) is 0 Å². The Kier molecular flexibility index (Phi) is 7.49. The number of aromatic nitrogens is 1. The molecule has 0 aliphatic rings. The summed E-state index contributed by atoms with van der Waals surface area (Å²) >= 11 is 0. The molecular formula is C14H22N2O5. The number of carbonyl (C=O) groups is 2. The van der Waals surface area contributed by atoms with Crippen LogP contribution in [0.3, 0.4) is 0 Å². The van der Waals surface area contributed by atoms with Gasteiger partial charge in [0.1, 0.15) is 12.2 Å².